The van der Waals surface area contributed by atoms with Crippen LogP contribution in [0.4, 0.5) is 0 Å². The summed E-state index contributed by atoms with van der Waals surface area (Å²) in [6.45, 7) is 2.92. The predicted octanol–water partition coefficient (Wildman–Crippen LogP) is 3.39. The van der Waals surface area contributed by atoms with Gasteiger partial charge in [0.15, 0.2) is 0 Å². The largest absolute Gasteiger partial charge is 0.496 e. The summed E-state index contributed by atoms with van der Waals surface area (Å²) in [4.78, 5) is 12.5. The molecular weight excluding hydrogens is 324 g/mol. The zero-order valence-corrected chi connectivity index (χ0v) is 14.8. The lowest BCUT2D eigenvalue weighted by molar-refractivity contribution is 0.0952. The number of fused-ring (bicyclic) bond motifs is 1. The molecular formula is C19H25ClN2O2. The van der Waals surface area contributed by atoms with E-state index in [9.17, 15) is 4.79 Å². The molecule has 130 valence electrons. The van der Waals surface area contributed by atoms with Crippen LogP contribution in [-0.4, -0.2) is 32.7 Å². The van der Waals surface area contributed by atoms with E-state index in [2.05, 4.69) is 10.6 Å². The highest BCUT2D eigenvalue weighted by Gasteiger charge is 2.15. The Kier molecular flexibility index (Phi) is 6.88. The highest BCUT2D eigenvalue weighted by Crippen LogP contribution is 2.28. The number of carbonyl (C=O) groups excluding carboxylic acids is 1. The second kappa shape index (κ2) is 8.90. The Labute approximate surface area is 149 Å². The summed E-state index contributed by atoms with van der Waals surface area (Å²) in [7, 11) is 1.65. The van der Waals surface area contributed by atoms with Crippen molar-refractivity contribution in [3.8, 4) is 5.75 Å². The molecule has 0 spiro atoms. The number of hydrogen-bond donors (Lipinski definition) is 2. The second-order valence-corrected chi connectivity index (χ2v) is 6.12. The van der Waals surface area contributed by atoms with Crippen LogP contribution in [0.5, 0.6) is 5.75 Å². The summed E-state index contributed by atoms with van der Waals surface area (Å²) in [5, 5.41) is 8.39. The van der Waals surface area contributed by atoms with Gasteiger partial charge in [-0.2, -0.15) is 0 Å². The molecule has 4 nitrogen and oxygen atoms in total. The molecule has 2 aromatic carbocycles. The number of ether oxygens (including phenoxy) is 1. The van der Waals surface area contributed by atoms with E-state index in [0.717, 1.165) is 42.6 Å². The van der Waals surface area contributed by atoms with Crippen LogP contribution in [0.2, 0.25) is 0 Å². The van der Waals surface area contributed by atoms with Crippen LogP contribution < -0.4 is 15.4 Å². The van der Waals surface area contributed by atoms with E-state index in [-0.39, 0.29) is 18.3 Å². The fourth-order valence-corrected chi connectivity index (χ4v) is 3.30. The predicted molar refractivity (Wildman–Crippen MR) is 100 cm³/mol. The van der Waals surface area contributed by atoms with Crippen molar-refractivity contribution >= 4 is 29.1 Å². The van der Waals surface area contributed by atoms with E-state index in [1.165, 1.54) is 12.8 Å². The van der Waals surface area contributed by atoms with Crippen molar-refractivity contribution in [1.29, 1.82) is 0 Å². The van der Waals surface area contributed by atoms with Gasteiger partial charge in [-0.1, -0.05) is 24.3 Å². The first-order valence-corrected chi connectivity index (χ1v) is 8.34. The maximum atomic E-state index is 12.5. The zero-order valence-electron chi connectivity index (χ0n) is 14.0. The molecule has 2 aromatic rings. The number of amides is 1. The number of halogens is 1. The number of hydrogen-bond acceptors (Lipinski definition) is 3. The fraction of sp³-hybridized carbons (Fsp3) is 0.421. The number of nitrogens with one attached hydrogen (secondary N) is 2. The van der Waals surface area contributed by atoms with E-state index < -0.39 is 0 Å². The van der Waals surface area contributed by atoms with E-state index in [1.807, 2.05) is 36.4 Å². The Morgan fingerprint density at radius 1 is 1.25 bits per heavy atom. The lowest BCUT2D eigenvalue weighted by Gasteiger charge is -2.22. The first-order valence-electron chi connectivity index (χ1n) is 8.34. The molecule has 1 saturated heterocycles. The topological polar surface area (TPSA) is 50.4 Å². The molecule has 0 aliphatic carbocycles. The summed E-state index contributed by atoms with van der Waals surface area (Å²) >= 11 is 0. The van der Waals surface area contributed by atoms with Crippen LogP contribution in [-0.2, 0) is 0 Å². The lowest BCUT2D eigenvalue weighted by Crippen LogP contribution is -2.33. The highest BCUT2D eigenvalue weighted by atomic mass is 35.5. The van der Waals surface area contributed by atoms with Crippen molar-refractivity contribution < 1.29 is 9.53 Å². The van der Waals surface area contributed by atoms with Gasteiger partial charge in [0.25, 0.3) is 5.91 Å². The average molecular weight is 349 g/mol. The molecule has 1 unspecified atom stereocenters. The SMILES string of the molecule is COc1ccc(C(=O)NCCC2CCCNC2)c2ccccc12.Cl. The molecule has 0 saturated carbocycles. The molecule has 3 rings (SSSR count). The standard InChI is InChI=1S/C19H24N2O2.ClH/c1-23-18-9-8-17(15-6-2-3-7-16(15)18)19(22)21-12-10-14-5-4-11-20-13-14;/h2-3,6-9,14,20H,4-5,10-13H2,1H3,(H,21,22);1H. The minimum Gasteiger partial charge on any atom is -0.496 e. The molecule has 1 fully saturated rings. The van der Waals surface area contributed by atoms with Gasteiger partial charge < -0.3 is 15.4 Å². The monoisotopic (exact) mass is 348 g/mol. The summed E-state index contributed by atoms with van der Waals surface area (Å²) in [5.41, 5.74) is 0.711. The quantitative estimate of drug-likeness (QED) is 0.870. The van der Waals surface area contributed by atoms with Gasteiger partial charge in [0, 0.05) is 17.5 Å². The summed E-state index contributed by atoms with van der Waals surface area (Å²) in [5.74, 6) is 1.47. The maximum absolute atomic E-state index is 12.5. The maximum Gasteiger partial charge on any atom is 0.251 e. The molecule has 0 bridgehead atoms. The van der Waals surface area contributed by atoms with Crippen LogP contribution >= 0.6 is 12.4 Å². The number of piperidine rings is 1. The van der Waals surface area contributed by atoms with Crippen molar-refractivity contribution in [1.82, 2.24) is 10.6 Å². The Morgan fingerprint density at radius 3 is 2.75 bits per heavy atom. The van der Waals surface area contributed by atoms with Crippen molar-refractivity contribution in [2.24, 2.45) is 5.92 Å². The third kappa shape index (κ3) is 4.19. The third-order valence-electron chi connectivity index (χ3n) is 4.59. The van der Waals surface area contributed by atoms with Crippen LogP contribution in [0.15, 0.2) is 36.4 Å². The van der Waals surface area contributed by atoms with Gasteiger partial charge in [0.05, 0.1) is 7.11 Å². The molecule has 1 aliphatic heterocycles. The number of methoxy groups -OCH3 is 1. The second-order valence-electron chi connectivity index (χ2n) is 6.12. The van der Waals surface area contributed by atoms with E-state index in [4.69, 9.17) is 4.74 Å². The Balaban J connectivity index is 0.00000208. The summed E-state index contributed by atoms with van der Waals surface area (Å²) in [6, 6.07) is 11.6. The molecule has 2 N–H and O–H groups in total. The van der Waals surface area contributed by atoms with E-state index in [1.54, 1.807) is 7.11 Å². The van der Waals surface area contributed by atoms with Gasteiger partial charge >= 0.3 is 0 Å². The smallest absolute Gasteiger partial charge is 0.251 e. The van der Waals surface area contributed by atoms with Crippen molar-refractivity contribution in [2.45, 2.75) is 19.3 Å². The Hall–Kier alpha value is -1.78. The Morgan fingerprint density at radius 2 is 2.04 bits per heavy atom. The molecule has 1 atom stereocenters. The number of carbonyl (C=O) groups is 1. The molecule has 0 aromatic heterocycles. The van der Waals surface area contributed by atoms with Crippen molar-refractivity contribution in [3.05, 3.63) is 42.0 Å². The van der Waals surface area contributed by atoms with Gasteiger partial charge in [-0.05, 0) is 55.8 Å². The van der Waals surface area contributed by atoms with Crippen molar-refractivity contribution in [3.63, 3.8) is 0 Å². The zero-order chi connectivity index (χ0) is 16.1. The van der Waals surface area contributed by atoms with Crippen molar-refractivity contribution in [2.75, 3.05) is 26.7 Å². The van der Waals surface area contributed by atoms with E-state index in [0.29, 0.717) is 11.5 Å². The Bertz CT molecular complexity index is 684. The molecule has 1 aliphatic rings. The first kappa shape index (κ1) is 18.6. The van der Waals surface area contributed by atoms with Gasteiger partial charge in [0.1, 0.15) is 5.75 Å². The first-order chi connectivity index (χ1) is 11.3. The number of rotatable bonds is 5. The highest BCUT2D eigenvalue weighted by molar-refractivity contribution is 6.08. The minimum absolute atomic E-state index is 0. The van der Waals surface area contributed by atoms with E-state index >= 15 is 0 Å². The summed E-state index contributed by atoms with van der Waals surface area (Å²) < 4.78 is 5.38. The van der Waals surface area contributed by atoms with Gasteiger partial charge in [-0.3, -0.25) is 4.79 Å². The van der Waals surface area contributed by atoms with Crippen LogP contribution in [0, 0.1) is 5.92 Å². The molecule has 1 amide bonds. The molecule has 5 heteroatoms. The van der Waals surface area contributed by atoms with Crippen LogP contribution in [0.3, 0.4) is 0 Å². The molecule has 0 radical (unpaired) electrons. The van der Waals surface area contributed by atoms with Crippen LogP contribution in [0.25, 0.3) is 10.8 Å². The molecule has 24 heavy (non-hydrogen) atoms. The number of benzene rings is 2. The van der Waals surface area contributed by atoms with Gasteiger partial charge in [0.2, 0.25) is 0 Å². The normalized spacial score (nSPS) is 17.1. The van der Waals surface area contributed by atoms with Gasteiger partial charge in [-0.25, -0.2) is 0 Å². The van der Waals surface area contributed by atoms with Gasteiger partial charge in [-0.15, -0.1) is 12.4 Å². The molecule has 1 heterocycles. The lowest BCUT2D eigenvalue weighted by atomic mass is 9.96. The summed E-state index contributed by atoms with van der Waals surface area (Å²) in [6.07, 6.45) is 3.53. The van der Waals surface area contributed by atoms with Crippen LogP contribution in [0.1, 0.15) is 29.6 Å². The third-order valence-corrected chi connectivity index (χ3v) is 4.59. The average Bonchev–Trinajstić information content (AvgIpc) is 2.61. The minimum atomic E-state index is -0.00683. The fourth-order valence-electron chi connectivity index (χ4n) is 3.30.